The van der Waals surface area contributed by atoms with Gasteiger partial charge in [0.2, 0.25) is 0 Å². The van der Waals surface area contributed by atoms with Gasteiger partial charge in [0.05, 0.1) is 0 Å². The summed E-state index contributed by atoms with van der Waals surface area (Å²) in [7, 11) is 0. The van der Waals surface area contributed by atoms with E-state index in [2.05, 4.69) is 15.6 Å². The number of nitrogens with one attached hydrogen (secondary N) is 2. The number of anilines is 2. The van der Waals surface area contributed by atoms with Crippen molar-refractivity contribution >= 4 is 34.1 Å². The first-order chi connectivity index (χ1) is 12.1. The molecule has 2 amide bonds. The Bertz CT molecular complexity index is 879. The van der Waals surface area contributed by atoms with E-state index in [4.69, 9.17) is 5.73 Å². The molecule has 1 aromatic heterocycles. The summed E-state index contributed by atoms with van der Waals surface area (Å²) < 4.78 is 0. The molecule has 0 spiro atoms. The largest absolute Gasteiger partial charge is 0.382 e. The summed E-state index contributed by atoms with van der Waals surface area (Å²) in [5, 5.41) is 5.74. The number of aromatic nitrogens is 1. The zero-order valence-electron chi connectivity index (χ0n) is 13.2. The molecule has 0 radical (unpaired) electrons. The maximum Gasteiger partial charge on any atom is 0.265 e. The first-order valence-corrected chi connectivity index (χ1v) is 8.40. The van der Waals surface area contributed by atoms with E-state index in [1.165, 1.54) is 0 Å². The summed E-state index contributed by atoms with van der Waals surface area (Å²) in [6.07, 6.45) is 0. The maximum atomic E-state index is 12.3. The molecule has 0 fully saturated rings. The number of amides is 2. The lowest BCUT2D eigenvalue weighted by molar-refractivity contribution is 0.0954. The number of thiazole rings is 1. The second-order valence-corrected chi connectivity index (χ2v) is 6.22. The van der Waals surface area contributed by atoms with Crippen molar-refractivity contribution < 1.29 is 9.59 Å². The molecule has 25 heavy (non-hydrogen) atoms. The Balaban J connectivity index is 1.65. The van der Waals surface area contributed by atoms with Crippen molar-refractivity contribution in [2.45, 2.75) is 6.54 Å². The van der Waals surface area contributed by atoms with Crippen LogP contribution in [-0.2, 0) is 6.54 Å². The molecular weight excluding hydrogens is 336 g/mol. The number of hydrogen-bond acceptors (Lipinski definition) is 5. The second kappa shape index (κ2) is 7.59. The SMILES string of the molecule is Nc1nc(NC(=O)c2ccccc2)sc1C(=O)NCc1ccccc1. The van der Waals surface area contributed by atoms with Crippen molar-refractivity contribution in [2.75, 3.05) is 11.1 Å². The highest BCUT2D eigenvalue weighted by atomic mass is 32.1. The first kappa shape index (κ1) is 16.7. The lowest BCUT2D eigenvalue weighted by Gasteiger charge is -2.03. The average molecular weight is 352 g/mol. The highest BCUT2D eigenvalue weighted by Gasteiger charge is 2.17. The molecule has 6 nitrogen and oxygen atoms in total. The van der Waals surface area contributed by atoms with Crippen molar-refractivity contribution in [1.82, 2.24) is 10.3 Å². The zero-order valence-corrected chi connectivity index (χ0v) is 14.0. The molecule has 126 valence electrons. The highest BCUT2D eigenvalue weighted by Crippen LogP contribution is 2.25. The molecule has 0 atom stereocenters. The van der Waals surface area contributed by atoms with Gasteiger partial charge < -0.3 is 11.1 Å². The fourth-order valence-corrected chi connectivity index (χ4v) is 2.96. The summed E-state index contributed by atoms with van der Waals surface area (Å²) in [5.74, 6) is -0.524. The summed E-state index contributed by atoms with van der Waals surface area (Å²) in [6, 6.07) is 18.3. The molecule has 0 aliphatic rings. The van der Waals surface area contributed by atoms with Crippen molar-refractivity contribution in [1.29, 1.82) is 0 Å². The molecule has 0 aliphatic carbocycles. The molecule has 7 heteroatoms. The minimum atomic E-state index is -0.320. The van der Waals surface area contributed by atoms with Crippen LogP contribution in [0.4, 0.5) is 10.9 Å². The maximum absolute atomic E-state index is 12.3. The van der Waals surface area contributed by atoms with E-state index in [0.717, 1.165) is 16.9 Å². The third kappa shape index (κ3) is 4.21. The number of carbonyl (C=O) groups is 2. The molecule has 3 aromatic rings. The van der Waals surface area contributed by atoms with Crippen molar-refractivity contribution in [3.8, 4) is 0 Å². The zero-order chi connectivity index (χ0) is 17.6. The number of nitrogens with zero attached hydrogens (tertiary/aromatic N) is 1. The average Bonchev–Trinajstić information content (AvgIpc) is 3.01. The standard InChI is InChI=1S/C18H16N4O2S/c19-15-14(17(24)20-11-12-7-3-1-4-8-12)25-18(21-15)22-16(23)13-9-5-2-6-10-13/h1-10H,11,19H2,(H,20,24)(H,21,22,23). The Kier molecular flexibility index (Phi) is 5.06. The number of nitrogens with two attached hydrogens (primary N) is 1. The third-order valence-corrected chi connectivity index (χ3v) is 4.40. The number of hydrogen-bond donors (Lipinski definition) is 3. The third-order valence-electron chi connectivity index (χ3n) is 3.41. The van der Waals surface area contributed by atoms with Gasteiger partial charge in [-0.2, -0.15) is 0 Å². The van der Waals surface area contributed by atoms with Gasteiger partial charge in [-0.15, -0.1) is 0 Å². The Morgan fingerprint density at radius 3 is 2.28 bits per heavy atom. The fraction of sp³-hybridized carbons (Fsp3) is 0.0556. The van der Waals surface area contributed by atoms with Gasteiger partial charge in [0.15, 0.2) is 5.13 Å². The lowest BCUT2D eigenvalue weighted by atomic mass is 10.2. The molecule has 1 heterocycles. The lowest BCUT2D eigenvalue weighted by Crippen LogP contribution is -2.22. The molecule has 0 saturated heterocycles. The first-order valence-electron chi connectivity index (χ1n) is 7.58. The van der Waals surface area contributed by atoms with Crippen LogP contribution in [0.25, 0.3) is 0 Å². The van der Waals surface area contributed by atoms with Crippen LogP contribution in [0.2, 0.25) is 0 Å². The van der Waals surface area contributed by atoms with E-state index in [0.29, 0.717) is 12.1 Å². The monoisotopic (exact) mass is 352 g/mol. The van der Waals surface area contributed by atoms with Gasteiger partial charge in [-0.1, -0.05) is 59.9 Å². The van der Waals surface area contributed by atoms with Gasteiger partial charge in [-0.3, -0.25) is 14.9 Å². The predicted octanol–water partition coefficient (Wildman–Crippen LogP) is 2.91. The van der Waals surface area contributed by atoms with Crippen LogP contribution in [0.3, 0.4) is 0 Å². The number of carbonyl (C=O) groups excluding carboxylic acids is 2. The minimum absolute atomic E-state index is 0.0962. The summed E-state index contributed by atoms with van der Waals surface area (Å²) in [5.41, 5.74) is 7.30. The summed E-state index contributed by atoms with van der Waals surface area (Å²) >= 11 is 1.05. The van der Waals surface area contributed by atoms with Gasteiger partial charge in [0.1, 0.15) is 10.7 Å². The highest BCUT2D eigenvalue weighted by molar-refractivity contribution is 7.18. The Hall–Kier alpha value is -3.19. The van der Waals surface area contributed by atoms with Gasteiger partial charge in [-0.05, 0) is 17.7 Å². The van der Waals surface area contributed by atoms with E-state index in [1.54, 1.807) is 24.3 Å². The molecule has 3 rings (SSSR count). The quantitative estimate of drug-likeness (QED) is 0.658. The number of nitrogen functional groups attached to an aromatic ring is 1. The molecule has 0 aliphatic heterocycles. The van der Waals surface area contributed by atoms with Gasteiger partial charge in [0.25, 0.3) is 11.8 Å². The number of rotatable bonds is 5. The van der Waals surface area contributed by atoms with E-state index in [1.807, 2.05) is 36.4 Å². The fourth-order valence-electron chi connectivity index (χ4n) is 2.17. The molecule has 0 unspecified atom stereocenters. The van der Waals surface area contributed by atoms with Crippen LogP contribution in [0, 0.1) is 0 Å². The molecule has 4 N–H and O–H groups in total. The molecule has 0 bridgehead atoms. The van der Waals surface area contributed by atoms with Crippen LogP contribution < -0.4 is 16.4 Å². The van der Waals surface area contributed by atoms with E-state index in [9.17, 15) is 9.59 Å². The predicted molar refractivity (Wildman–Crippen MR) is 98.5 cm³/mol. The van der Waals surface area contributed by atoms with Gasteiger partial charge >= 0.3 is 0 Å². The number of benzene rings is 2. The normalized spacial score (nSPS) is 10.2. The molecule has 2 aromatic carbocycles. The van der Waals surface area contributed by atoms with Gasteiger partial charge in [0, 0.05) is 12.1 Å². The molecular formula is C18H16N4O2S. The smallest absolute Gasteiger partial charge is 0.265 e. The Morgan fingerprint density at radius 2 is 1.60 bits per heavy atom. The van der Waals surface area contributed by atoms with Crippen LogP contribution >= 0.6 is 11.3 Å². The van der Waals surface area contributed by atoms with Crippen LogP contribution in [0.5, 0.6) is 0 Å². The summed E-state index contributed by atoms with van der Waals surface area (Å²) in [6.45, 7) is 0.392. The van der Waals surface area contributed by atoms with Crippen molar-refractivity contribution in [3.05, 3.63) is 76.7 Å². The van der Waals surface area contributed by atoms with Crippen molar-refractivity contribution in [2.24, 2.45) is 0 Å². The van der Waals surface area contributed by atoms with Crippen molar-refractivity contribution in [3.63, 3.8) is 0 Å². The second-order valence-electron chi connectivity index (χ2n) is 5.22. The summed E-state index contributed by atoms with van der Waals surface area (Å²) in [4.78, 5) is 28.7. The Labute approximate surface area is 148 Å². The van der Waals surface area contributed by atoms with E-state index in [-0.39, 0.29) is 27.6 Å². The van der Waals surface area contributed by atoms with Gasteiger partial charge in [-0.25, -0.2) is 4.98 Å². The van der Waals surface area contributed by atoms with Crippen LogP contribution in [0.15, 0.2) is 60.7 Å². The Morgan fingerprint density at radius 1 is 0.960 bits per heavy atom. The topological polar surface area (TPSA) is 97.1 Å². The van der Waals surface area contributed by atoms with Crippen LogP contribution in [0.1, 0.15) is 25.6 Å². The molecule has 0 saturated carbocycles. The minimum Gasteiger partial charge on any atom is -0.382 e. The van der Waals surface area contributed by atoms with E-state index < -0.39 is 0 Å². The van der Waals surface area contributed by atoms with Crippen LogP contribution in [-0.4, -0.2) is 16.8 Å². The van der Waals surface area contributed by atoms with E-state index >= 15 is 0 Å².